The molecule has 3 aromatic rings. The number of nitrogens with zero attached hydrogens (tertiary/aromatic N) is 1. The van der Waals surface area contributed by atoms with Crippen molar-refractivity contribution in [3.63, 3.8) is 0 Å². The zero-order valence-corrected chi connectivity index (χ0v) is 15.4. The minimum atomic E-state index is -0.701. The van der Waals surface area contributed by atoms with Crippen molar-refractivity contribution in [1.29, 1.82) is 0 Å². The number of amides is 2. The van der Waals surface area contributed by atoms with Crippen molar-refractivity contribution in [2.45, 2.75) is 26.1 Å². The fourth-order valence-corrected chi connectivity index (χ4v) is 2.49. The SMILES string of the molecule is CC(NC(=O)c1ccoc1)C(=O)NCc1cccnc1OCc1ccccc1. The summed E-state index contributed by atoms with van der Waals surface area (Å²) in [7, 11) is 0. The highest BCUT2D eigenvalue weighted by Crippen LogP contribution is 2.16. The monoisotopic (exact) mass is 379 g/mol. The Morgan fingerprint density at radius 2 is 1.96 bits per heavy atom. The van der Waals surface area contributed by atoms with Gasteiger partial charge in [-0.05, 0) is 24.6 Å². The molecule has 0 saturated heterocycles. The summed E-state index contributed by atoms with van der Waals surface area (Å²) in [6.45, 7) is 2.24. The molecule has 0 aliphatic heterocycles. The molecule has 2 aromatic heterocycles. The van der Waals surface area contributed by atoms with E-state index in [0.717, 1.165) is 11.1 Å². The quantitative estimate of drug-likeness (QED) is 0.628. The lowest BCUT2D eigenvalue weighted by Gasteiger charge is -2.15. The Balaban J connectivity index is 1.53. The number of carbonyl (C=O) groups excluding carboxylic acids is 2. The van der Waals surface area contributed by atoms with Crippen LogP contribution in [-0.2, 0) is 17.9 Å². The highest BCUT2D eigenvalue weighted by atomic mass is 16.5. The standard InChI is InChI=1S/C21H21N3O4/c1-15(24-20(26)18-9-11-27-14-18)19(25)23-12-17-8-5-10-22-21(17)28-13-16-6-3-2-4-7-16/h2-11,14-15H,12-13H2,1H3,(H,23,25)(H,24,26). The van der Waals surface area contributed by atoms with E-state index < -0.39 is 6.04 Å². The summed E-state index contributed by atoms with van der Waals surface area (Å²) in [6, 6.07) is 14.2. The molecule has 0 radical (unpaired) electrons. The van der Waals surface area contributed by atoms with Gasteiger partial charge in [-0.3, -0.25) is 9.59 Å². The molecule has 7 heteroatoms. The van der Waals surface area contributed by atoms with Gasteiger partial charge in [-0.2, -0.15) is 0 Å². The first kappa shape index (κ1) is 19.2. The number of pyridine rings is 1. The van der Waals surface area contributed by atoms with Crippen LogP contribution in [0.2, 0.25) is 0 Å². The average molecular weight is 379 g/mol. The first-order valence-electron chi connectivity index (χ1n) is 8.85. The van der Waals surface area contributed by atoms with Crippen molar-refractivity contribution >= 4 is 11.8 Å². The van der Waals surface area contributed by atoms with Crippen LogP contribution in [0.15, 0.2) is 71.7 Å². The van der Waals surface area contributed by atoms with Gasteiger partial charge in [0, 0.05) is 18.3 Å². The van der Waals surface area contributed by atoms with Crippen molar-refractivity contribution in [1.82, 2.24) is 15.6 Å². The van der Waals surface area contributed by atoms with E-state index in [1.165, 1.54) is 18.6 Å². The molecule has 1 unspecified atom stereocenters. The van der Waals surface area contributed by atoms with E-state index in [0.29, 0.717) is 18.1 Å². The summed E-state index contributed by atoms with van der Waals surface area (Å²) in [5, 5.41) is 5.41. The average Bonchev–Trinajstić information content (AvgIpc) is 3.27. The van der Waals surface area contributed by atoms with E-state index in [4.69, 9.17) is 9.15 Å². The first-order valence-corrected chi connectivity index (χ1v) is 8.85. The van der Waals surface area contributed by atoms with Gasteiger partial charge in [-0.1, -0.05) is 36.4 Å². The highest BCUT2D eigenvalue weighted by Gasteiger charge is 2.17. The van der Waals surface area contributed by atoms with Crippen molar-refractivity contribution in [2.24, 2.45) is 0 Å². The number of benzene rings is 1. The van der Waals surface area contributed by atoms with Gasteiger partial charge in [0.05, 0.1) is 11.8 Å². The molecule has 1 atom stereocenters. The summed E-state index contributed by atoms with van der Waals surface area (Å²) >= 11 is 0. The van der Waals surface area contributed by atoms with Crippen LogP contribution in [0.4, 0.5) is 0 Å². The number of rotatable bonds is 8. The van der Waals surface area contributed by atoms with Crippen LogP contribution < -0.4 is 15.4 Å². The third-order valence-corrected chi connectivity index (χ3v) is 4.05. The Hall–Kier alpha value is -3.61. The predicted octanol–water partition coefficient (Wildman–Crippen LogP) is 2.69. The molecular formula is C21H21N3O4. The van der Waals surface area contributed by atoms with Crippen molar-refractivity contribution in [2.75, 3.05) is 0 Å². The Labute approximate surface area is 162 Å². The third-order valence-electron chi connectivity index (χ3n) is 4.05. The molecule has 7 nitrogen and oxygen atoms in total. The number of nitrogens with one attached hydrogen (secondary N) is 2. The molecule has 2 heterocycles. The van der Waals surface area contributed by atoms with Gasteiger partial charge in [0.15, 0.2) is 0 Å². The molecule has 144 valence electrons. The smallest absolute Gasteiger partial charge is 0.255 e. The van der Waals surface area contributed by atoms with Crippen LogP contribution in [0.5, 0.6) is 5.88 Å². The van der Waals surface area contributed by atoms with Crippen LogP contribution in [0.3, 0.4) is 0 Å². The molecule has 0 spiro atoms. The minimum Gasteiger partial charge on any atom is -0.473 e. The predicted molar refractivity (Wildman–Crippen MR) is 102 cm³/mol. The normalized spacial score (nSPS) is 11.5. The Bertz CT molecular complexity index is 910. The van der Waals surface area contributed by atoms with E-state index in [2.05, 4.69) is 15.6 Å². The van der Waals surface area contributed by atoms with E-state index >= 15 is 0 Å². The molecule has 2 amide bonds. The van der Waals surface area contributed by atoms with Gasteiger partial charge in [-0.25, -0.2) is 4.98 Å². The third kappa shape index (κ3) is 5.20. The summed E-state index contributed by atoms with van der Waals surface area (Å²) in [6.07, 6.45) is 4.37. The van der Waals surface area contributed by atoms with E-state index in [-0.39, 0.29) is 18.4 Å². The maximum absolute atomic E-state index is 12.3. The summed E-state index contributed by atoms with van der Waals surface area (Å²) in [4.78, 5) is 28.5. The van der Waals surface area contributed by atoms with Gasteiger partial charge in [0.2, 0.25) is 11.8 Å². The lowest BCUT2D eigenvalue weighted by Crippen LogP contribution is -2.44. The zero-order valence-electron chi connectivity index (χ0n) is 15.4. The van der Waals surface area contributed by atoms with Gasteiger partial charge in [0.1, 0.15) is 18.9 Å². The molecular weight excluding hydrogens is 358 g/mol. The van der Waals surface area contributed by atoms with E-state index in [1.807, 2.05) is 36.4 Å². The number of hydrogen-bond acceptors (Lipinski definition) is 5. The Morgan fingerprint density at radius 3 is 2.71 bits per heavy atom. The lowest BCUT2D eigenvalue weighted by molar-refractivity contribution is -0.122. The summed E-state index contributed by atoms with van der Waals surface area (Å²) in [5.41, 5.74) is 2.14. The van der Waals surface area contributed by atoms with Crippen LogP contribution >= 0.6 is 0 Å². The van der Waals surface area contributed by atoms with Crippen LogP contribution in [0.25, 0.3) is 0 Å². The Kier molecular flexibility index (Phi) is 6.41. The van der Waals surface area contributed by atoms with Crippen molar-refractivity contribution in [3.05, 3.63) is 83.9 Å². The Morgan fingerprint density at radius 1 is 1.14 bits per heavy atom. The van der Waals surface area contributed by atoms with Crippen LogP contribution in [0, 0.1) is 0 Å². The van der Waals surface area contributed by atoms with Crippen LogP contribution in [0.1, 0.15) is 28.4 Å². The maximum atomic E-state index is 12.3. The number of aromatic nitrogens is 1. The molecule has 0 aliphatic carbocycles. The van der Waals surface area contributed by atoms with Gasteiger partial charge in [0.25, 0.3) is 5.91 Å². The fourth-order valence-electron chi connectivity index (χ4n) is 2.49. The zero-order chi connectivity index (χ0) is 19.8. The second-order valence-corrected chi connectivity index (χ2v) is 6.17. The topological polar surface area (TPSA) is 93.5 Å². The largest absolute Gasteiger partial charge is 0.473 e. The van der Waals surface area contributed by atoms with E-state index in [1.54, 1.807) is 19.2 Å². The highest BCUT2D eigenvalue weighted by molar-refractivity contribution is 5.97. The second-order valence-electron chi connectivity index (χ2n) is 6.17. The molecule has 0 aliphatic rings. The molecule has 0 saturated carbocycles. The van der Waals surface area contributed by atoms with Crippen molar-refractivity contribution < 1.29 is 18.7 Å². The molecule has 1 aromatic carbocycles. The van der Waals surface area contributed by atoms with Gasteiger partial charge in [-0.15, -0.1) is 0 Å². The molecule has 0 fully saturated rings. The van der Waals surface area contributed by atoms with Crippen LogP contribution in [-0.4, -0.2) is 22.8 Å². The molecule has 0 bridgehead atoms. The number of ether oxygens (including phenoxy) is 1. The second kappa shape index (κ2) is 9.36. The number of carbonyl (C=O) groups is 2. The molecule has 28 heavy (non-hydrogen) atoms. The van der Waals surface area contributed by atoms with Gasteiger partial charge < -0.3 is 19.8 Å². The first-order chi connectivity index (χ1) is 13.6. The van der Waals surface area contributed by atoms with Gasteiger partial charge >= 0.3 is 0 Å². The summed E-state index contributed by atoms with van der Waals surface area (Å²) < 4.78 is 10.7. The number of hydrogen-bond donors (Lipinski definition) is 2. The fraction of sp³-hybridized carbons (Fsp3) is 0.190. The lowest BCUT2D eigenvalue weighted by atomic mass is 10.2. The van der Waals surface area contributed by atoms with E-state index in [9.17, 15) is 9.59 Å². The molecule has 2 N–H and O–H groups in total. The summed E-state index contributed by atoms with van der Waals surface area (Å²) in [5.74, 6) is -0.221. The maximum Gasteiger partial charge on any atom is 0.255 e. The van der Waals surface area contributed by atoms with Crippen molar-refractivity contribution in [3.8, 4) is 5.88 Å². The molecule has 3 rings (SSSR count). The minimum absolute atomic E-state index is 0.239. The number of furan rings is 1.